The highest BCUT2D eigenvalue weighted by Gasteiger charge is 2.21. The second-order valence-corrected chi connectivity index (χ2v) is 6.29. The molecule has 1 saturated heterocycles. The number of carbonyl (C=O) groups excluding carboxylic acids is 1. The van der Waals surface area contributed by atoms with Gasteiger partial charge in [0.25, 0.3) is 0 Å². The summed E-state index contributed by atoms with van der Waals surface area (Å²) in [7, 11) is 1.77. The Morgan fingerprint density at radius 2 is 2.13 bits per heavy atom. The van der Waals surface area contributed by atoms with Gasteiger partial charge in [-0.1, -0.05) is 12.1 Å². The monoisotopic (exact) mass is 323 g/mol. The van der Waals surface area contributed by atoms with Crippen LogP contribution < -0.4 is 5.32 Å². The molecule has 0 radical (unpaired) electrons. The summed E-state index contributed by atoms with van der Waals surface area (Å²) in [5.41, 5.74) is 0.767. The first kappa shape index (κ1) is 17.7. The van der Waals surface area contributed by atoms with Gasteiger partial charge in [0.2, 0.25) is 0 Å². The van der Waals surface area contributed by atoms with Gasteiger partial charge in [-0.15, -0.1) is 0 Å². The van der Waals surface area contributed by atoms with Crippen LogP contribution in [0, 0.1) is 6.92 Å². The fourth-order valence-corrected chi connectivity index (χ4v) is 2.83. The summed E-state index contributed by atoms with van der Waals surface area (Å²) in [6.45, 7) is 12.8. The number of likely N-dealkylation sites (N-methyl/N-ethyl adjacent to an activating group) is 1. The van der Waals surface area contributed by atoms with Crippen LogP contribution in [-0.4, -0.2) is 78.2 Å². The van der Waals surface area contributed by atoms with Gasteiger partial charge in [-0.2, -0.15) is 0 Å². The molecule has 1 atom stereocenters. The Bertz CT molecular complexity index is 496. The number of carbonyl (C=O) groups is 1. The molecule has 0 aliphatic carbocycles. The molecule has 7 heteroatoms. The minimum Gasteiger partial charge on any atom is -0.361 e. The highest BCUT2D eigenvalue weighted by Crippen LogP contribution is 2.07. The Hall–Kier alpha value is -1.60. The summed E-state index contributed by atoms with van der Waals surface area (Å²) >= 11 is 0. The number of nitrogens with zero attached hydrogens (tertiary/aromatic N) is 4. The highest BCUT2D eigenvalue weighted by molar-refractivity contribution is 5.73. The molecule has 0 unspecified atom stereocenters. The molecule has 0 spiro atoms. The van der Waals surface area contributed by atoms with Crippen LogP contribution in [0.15, 0.2) is 10.6 Å². The summed E-state index contributed by atoms with van der Waals surface area (Å²) in [4.78, 5) is 18.7. The molecule has 7 nitrogen and oxygen atoms in total. The van der Waals surface area contributed by atoms with E-state index in [2.05, 4.69) is 34.1 Å². The topological polar surface area (TPSA) is 64.8 Å². The zero-order chi connectivity index (χ0) is 16.8. The van der Waals surface area contributed by atoms with E-state index in [0.717, 1.165) is 44.2 Å². The predicted molar refractivity (Wildman–Crippen MR) is 89.3 cm³/mol. The Morgan fingerprint density at radius 1 is 1.43 bits per heavy atom. The van der Waals surface area contributed by atoms with Gasteiger partial charge < -0.3 is 19.6 Å². The average Bonchev–Trinajstić information content (AvgIpc) is 2.97. The van der Waals surface area contributed by atoms with Crippen molar-refractivity contribution in [3.63, 3.8) is 0 Å². The van der Waals surface area contributed by atoms with Crippen LogP contribution in [0.2, 0.25) is 0 Å². The van der Waals surface area contributed by atoms with Crippen LogP contribution in [-0.2, 0) is 6.54 Å². The number of piperazine rings is 1. The first-order valence-corrected chi connectivity index (χ1v) is 8.37. The lowest BCUT2D eigenvalue weighted by molar-refractivity contribution is 0.105. The second-order valence-electron chi connectivity index (χ2n) is 6.29. The molecule has 1 aliphatic rings. The van der Waals surface area contributed by atoms with E-state index in [-0.39, 0.29) is 6.03 Å². The zero-order valence-electron chi connectivity index (χ0n) is 14.7. The summed E-state index contributed by atoms with van der Waals surface area (Å²) in [5, 5.41) is 6.92. The van der Waals surface area contributed by atoms with E-state index >= 15 is 0 Å². The summed E-state index contributed by atoms with van der Waals surface area (Å²) in [6, 6.07) is 2.12. The lowest BCUT2D eigenvalue weighted by atomic mass is 10.2. The standard InChI is InChI=1S/C16H29N5O2/c1-5-20-6-8-21(9-7-20)13(2)11-17-16(22)19(4)12-15-10-14(3)23-18-15/h10,13H,5-9,11-12H2,1-4H3,(H,17,22)/t13-/m0/s1. The summed E-state index contributed by atoms with van der Waals surface area (Å²) in [6.07, 6.45) is 0. The number of urea groups is 1. The highest BCUT2D eigenvalue weighted by atomic mass is 16.5. The Morgan fingerprint density at radius 3 is 2.70 bits per heavy atom. The molecule has 1 fully saturated rings. The predicted octanol–water partition coefficient (Wildman–Crippen LogP) is 1.15. The molecular weight excluding hydrogens is 294 g/mol. The molecule has 2 amide bonds. The third-order valence-electron chi connectivity index (χ3n) is 4.45. The smallest absolute Gasteiger partial charge is 0.317 e. The van der Waals surface area contributed by atoms with Crippen LogP contribution in [0.1, 0.15) is 25.3 Å². The van der Waals surface area contributed by atoms with E-state index in [4.69, 9.17) is 4.52 Å². The van der Waals surface area contributed by atoms with Crippen molar-refractivity contribution < 1.29 is 9.32 Å². The largest absolute Gasteiger partial charge is 0.361 e. The van der Waals surface area contributed by atoms with Crippen molar-refractivity contribution in [2.45, 2.75) is 33.4 Å². The molecule has 1 aromatic rings. The van der Waals surface area contributed by atoms with Crippen molar-refractivity contribution >= 4 is 6.03 Å². The molecule has 130 valence electrons. The molecule has 23 heavy (non-hydrogen) atoms. The maximum absolute atomic E-state index is 12.2. The van der Waals surface area contributed by atoms with Crippen LogP contribution in [0.4, 0.5) is 4.79 Å². The van der Waals surface area contributed by atoms with Crippen molar-refractivity contribution in [3.8, 4) is 0 Å². The third-order valence-corrected chi connectivity index (χ3v) is 4.45. The second kappa shape index (κ2) is 8.31. The van der Waals surface area contributed by atoms with E-state index in [1.807, 2.05) is 13.0 Å². The Balaban J connectivity index is 1.71. The average molecular weight is 323 g/mol. The van der Waals surface area contributed by atoms with Gasteiger partial charge in [-0.3, -0.25) is 4.90 Å². The maximum Gasteiger partial charge on any atom is 0.317 e. The van der Waals surface area contributed by atoms with E-state index in [1.165, 1.54) is 0 Å². The van der Waals surface area contributed by atoms with E-state index in [0.29, 0.717) is 19.1 Å². The fourth-order valence-electron chi connectivity index (χ4n) is 2.83. The Labute approximate surface area is 138 Å². The molecule has 1 N–H and O–H groups in total. The van der Waals surface area contributed by atoms with Crippen LogP contribution in [0.25, 0.3) is 0 Å². The summed E-state index contributed by atoms with van der Waals surface area (Å²) in [5.74, 6) is 0.758. The maximum atomic E-state index is 12.2. The lowest BCUT2D eigenvalue weighted by Crippen LogP contribution is -2.52. The minimum atomic E-state index is -0.0790. The van der Waals surface area contributed by atoms with Crippen LogP contribution in [0.3, 0.4) is 0 Å². The lowest BCUT2D eigenvalue weighted by Gasteiger charge is -2.37. The number of hydrogen-bond acceptors (Lipinski definition) is 5. The van der Waals surface area contributed by atoms with Crippen molar-refractivity contribution in [1.82, 2.24) is 25.2 Å². The van der Waals surface area contributed by atoms with Crippen LogP contribution >= 0.6 is 0 Å². The van der Waals surface area contributed by atoms with Gasteiger partial charge in [0.15, 0.2) is 0 Å². The van der Waals surface area contributed by atoms with Gasteiger partial charge in [-0.25, -0.2) is 4.79 Å². The number of aryl methyl sites for hydroxylation is 1. The third kappa shape index (κ3) is 5.21. The first-order valence-electron chi connectivity index (χ1n) is 8.37. The number of amides is 2. The van der Waals surface area contributed by atoms with Gasteiger partial charge in [0.1, 0.15) is 11.5 Å². The van der Waals surface area contributed by atoms with Crippen molar-refractivity contribution in [1.29, 1.82) is 0 Å². The van der Waals surface area contributed by atoms with Crippen molar-refractivity contribution in [2.75, 3.05) is 46.3 Å². The number of aromatic nitrogens is 1. The number of rotatable bonds is 6. The molecule has 2 heterocycles. The molecule has 0 aromatic carbocycles. The molecule has 2 rings (SSSR count). The van der Waals surface area contributed by atoms with E-state index in [9.17, 15) is 4.79 Å². The number of hydrogen-bond donors (Lipinski definition) is 1. The van der Waals surface area contributed by atoms with Crippen molar-refractivity contribution in [2.24, 2.45) is 0 Å². The molecule has 0 bridgehead atoms. The zero-order valence-corrected chi connectivity index (χ0v) is 14.7. The van der Waals surface area contributed by atoms with Crippen LogP contribution in [0.5, 0.6) is 0 Å². The van der Waals surface area contributed by atoms with Gasteiger partial charge in [0.05, 0.1) is 6.54 Å². The Kier molecular flexibility index (Phi) is 6.41. The normalized spacial score (nSPS) is 17.9. The van der Waals surface area contributed by atoms with Crippen molar-refractivity contribution in [3.05, 3.63) is 17.5 Å². The number of nitrogens with one attached hydrogen (secondary N) is 1. The minimum absolute atomic E-state index is 0.0790. The summed E-state index contributed by atoms with van der Waals surface area (Å²) < 4.78 is 5.02. The van der Waals surface area contributed by atoms with E-state index in [1.54, 1.807) is 11.9 Å². The van der Waals surface area contributed by atoms with E-state index < -0.39 is 0 Å². The first-order chi connectivity index (χ1) is 11.0. The van der Waals surface area contributed by atoms with Gasteiger partial charge in [-0.05, 0) is 20.4 Å². The SMILES string of the molecule is CCN1CCN([C@@H](C)CNC(=O)N(C)Cc2cc(C)on2)CC1. The fraction of sp³-hybridized carbons (Fsp3) is 0.750. The van der Waals surface area contributed by atoms with Gasteiger partial charge in [0, 0.05) is 51.9 Å². The molecular formula is C16H29N5O2. The molecule has 1 aromatic heterocycles. The molecule has 1 aliphatic heterocycles. The molecule has 0 saturated carbocycles. The van der Waals surface area contributed by atoms with Gasteiger partial charge >= 0.3 is 6.03 Å². The quantitative estimate of drug-likeness (QED) is 0.851.